The van der Waals surface area contributed by atoms with Gasteiger partial charge in [-0.05, 0) is 13.0 Å². The smallest absolute Gasteiger partial charge is 0.160 e. The van der Waals surface area contributed by atoms with Crippen molar-refractivity contribution in [3.05, 3.63) is 23.1 Å². The van der Waals surface area contributed by atoms with Gasteiger partial charge in [0.15, 0.2) is 5.65 Å². The molecule has 0 saturated heterocycles. The number of fused-ring (bicyclic) bond motifs is 1. The summed E-state index contributed by atoms with van der Waals surface area (Å²) in [7, 11) is -0.883. The van der Waals surface area contributed by atoms with E-state index < -0.39 is 10.8 Å². The van der Waals surface area contributed by atoms with Crippen LogP contribution in [0.3, 0.4) is 0 Å². The number of rotatable bonds is 4. The Morgan fingerprint density at radius 1 is 1.56 bits per heavy atom. The van der Waals surface area contributed by atoms with Crippen LogP contribution in [0.25, 0.3) is 11.2 Å². The first-order valence-corrected chi connectivity index (χ1v) is 8.05. The molecular formula is C11H13Cl2N3OS. The van der Waals surface area contributed by atoms with E-state index in [0.717, 1.165) is 11.5 Å². The molecule has 2 aromatic heterocycles. The summed E-state index contributed by atoms with van der Waals surface area (Å²) in [5.74, 6) is 1.55. The molecule has 0 fully saturated rings. The van der Waals surface area contributed by atoms with Crippen molar-refractivity contribution in [1.29, 1.82) is 0 Å². The van der Waals surface area contributed by atoms with Gasteiger partial charge in [0.2, 0.25) is 0 Å². The Labute approximate surface area is 118 Å². The third kappa shape index (κ3) is 2.68. The molecule has 2 atom stereocenters. The van der Waals surface area contributed by atoms with Gasteiger partial charge < -0.3 is 4.57 Å². The fraction of sp³-hybridized carbons (Fsp3) is 0.455. The molecule has 0 N–H and O–H groups in total. The lowest BCUT2D eigenvalue weighted by atomic mass is 10.3. The molecule has 0 aliphatic rings. The second-order valence-corrected chi connectivity index (χ2v) is 6.30. The van der Waals surface area contributed by atoms with E-state index in [1.807, 2.05) is 11.5 Å². The number of hydrogen-bond donors (Lipinski definition) is 0. The van der Waals surface area contributed by atoms with E-state index in [2.05, 4.69) is 9.97 Å². The van der Waals surface area contributed by atoms with Gasteiger partial charge >= 0.3 is 0 Å². The van der Waals surface area contributed by atoms with E-state index in [4.69, 9.17) is 23.2 Å². The van der Waals surface area contributed by atoms with Crippen LogP contribution in [0, 0.1) is 0 Å². The van der Waals surface area contributed by atoms with Gasteiger partial charge in [-0.2, -0.15) is 0 Å². The van der Waals surface area contributed by atoms with Crippen LogP contribution < -0.4 is 0 Å². The standard InChI is InChI=1S/C11H13Cl2N3OS/c1-7(6-18(2)17)16-10(4-12)15-9-3-8(13)5-14-11(9)16/h3,5,7H,4,6H2,1-2H3. The molecule has 2 aromatic rings. The minimum absolute atomic E-state index is 0.0308. The van der Waals surface area contributed by atoms with Crippen molar-refractivity contribution in [2.45, 2.75) is 18.8 Å². The largest absolute Gasteiger partial charge is 0.308 e. The number of hydrogen-bond acceptors (Lipinski definition) is 3. The van der Waals surface area contributed by atoms with Gasteiger partial charge in [-0.25, -0.2) is 9.97 Å². The Balaban J connectivity index is 2.56. The molecular weight excluding hydrogens is 293 g/mol. The highest BCUT2D eigenvalue weighted by Crippen LogP contribution is 2.23. The summed E-state index contributed by atoms with van der Waals surface area (Å²) in [6, 6.07) is 1.79. The normalized spacial score (nSPS) is 14.9. The molecule has 0 amide bonds. The first kappa shape index (κ1) is 13.8. The maximum atomic E-state index is 11.3. The monoisotopic (exact) mass is 305 g/mol. The molecule has 0 aliphatic carbocycles. The van der Waals surface area contributed by atoms with Crippen molar-refractivity contribution < 1.29 is 4.21 Å². The highest BCUT2D eigenvalue weighted by atomic mass is 35.5. The highest BCUT2D eigenvalue weighted by molar-refractivity contribution is 7.84. The van der Waals surface area contributed by atoms with Crippen LogP contribution in [0.2, 0.25) is 5.02 Å². The van der Waals surface area contributed by atoms with Crippen molar-refractivity contribution in [1.82, 2.24) is 14.5 Å². The van der Waals surface area contributed by atoms with Crippen LogP contribution in [0.5, 0.6) is 0 Å². The summed E-state index contributed by atoms with van der Waals surface area (Å²) < 4.78 is 13.3. The molecule has 7 heteroatoms. The van der Waals surface area contributed by atoms with Gasteiger partial charge in [-0.15, -0.1) is 11.6 Å². The molecule has 18 heavy (non-hydrogen) atoms. The molecule has 0 saturated carbocycles. The van der Waals surface area contributed by atoms with E-state index in [1.54, 1.807) is 18.5 Å². The molecule has 4 nitrogen and oxygen atoms in total. The van der Waals surface area contributed by atoms with Crippen molar-refractivity contribution in [3.63, 3.8) is 0 Å². The van der Waals surface area contributed by atoms with Crippen LogP contribution in [-0.2, 0) is 16.7 Å². The molecule has 0 spiro atoms. The van der Waals surface area contributed by atoms with E-state index in [1.165, 1.54) is 0 Å². The second-order valence-electron chi connectivity index (χ2n) is 4.12. The zero-order chi connectivity index (χ0) is 13.3. The Hall–Kier alpha value is -0.650. The molecule has 2 rings (SSSR count). The third-order valence-corrected chi connectivity index (χ3v) is 4.00. The maximum Gasteiger partial charge on any atom is 0.160 e. The number of alkyl halides is 1. The van der Waals surface area contributed by atoms with E-state index >= 15 is 0 Å². The average molecular weight is 306 g/mol. The van der Waals surface area contributed by atoms with Crippen molar-refractivity contribution >= 4 is 45.2 Å². The molecule has 0 aromatic carbocycles. The van der Waals surface area contributed by atoms with Crippen molar-refractivity contribution in [3.8, 4) is 0 Å². The fourth-order valence-corrected chi connectivity index (χ4v) is 3.15. The van der Waals surface area contributed by atoms with Crippen LogP contribution >= 0.6 is 23.2 Å². The predicted octanol–water partition coefficient (Wildman–Crippen LogP) is 2.76. The van der Waals surface area contributed by atoms with Gasteiger partial charge in [-0.3, -0.25) is 4.21 Å². The molecule has 98 valence electrons. The molecule has 0 aliphatic heterocycles. The van der Waals surface area contributed by atoms with Gasteiger partial charge in [-0.1, -0.05) is 11.6 Å². The van der Waals surface area contributed by atoms with Gasteiger partial charge in [0.25, 0.3) is 0 Å². The second kappa shape index (κ2) is 5.55. The summed E-state index contributed by atoms with van der Waals surface area (Å²) >= 11 is 11.8. The number of imidazole rings is 1. The molecule has 0 radical (unpaired) electrons. The molecule has 0 bridgehead atoms. The molecule has 2 unspecified atom stereocenters. The molecule has 2 heterocycles. The lowest BCUT2D eigenvalue weighted by Gasteiger charge is -2.14. The zero-order valence-electron chi connectivity index (χ0n) is 10.1. The Kier molecular flexibility index (Phi) is 4.25. The van der Waals surface area contributed by atoms with Gasteiger partial charge in [0.1, 0.15) is 11.3 Å². The number of halogens is 2. The Morgan fingerprint density at radius 2 is 2.28 bits per heavy atom. The lowest BCUT2D eigenvalue weighted by molar-refractivity contribution is 0.590. The highest BCUT2D eigenvalue weighted by Gasteiger charge is 2.17. The topological polar surface area (TPSA) is 47.8 Å². The first-order valence-electron chi connectivity index (χ1n) is 5.41. The Morgan fingerprint density at radius 3 is 2.89 bits per heavy atom. The van der Waals surface area contributed by atoms with Crippen LogP contribution in [-0.4, -0.2) is 30.8 Å². The predicted molar refractivity (Wildman–Crippen MR) is 75.7 cm³/mol. The minimum atomic E-state index is -0.883. The van der Waals surface area contributed by atoms with E-state index in [9.17, 15) is 4.21 Å². The SMILES string of the molecule is CC(CS(C)=O)n1c(CCl)nc2cc(Cl)cnc21. The number of nitrogens with zero attached hydrogens (tertiary/aromatic N) is 3. The number of aromatic nitrogens is 3. The summed E-state index contributed by atoms with van der Waals surface area (Å²) in [6.45, 7) is 1.98. The van der Waals surface area contributed by atoms with Crippen LogP contribution in [0.4, 0.5) is 0 Å². The summed E-state index contributed by atoms with van der Waals surface area (Å²) in [5, 5.41) is 0.542. The van der Waals surface area contributed by atoms with Gasteiger partial charge in [0, 0.05) is 35.0 Å². The first-order chi connectivity index (χ1) is 8.52. The third-order valence-electron chi connectivity index (χ3n) is 2.61. The minimum Gasteiger partial charge on any atom is -0.308 e. The lowest BCUT2D eigenvalue weighted by Crippen LogP contribution is -2.15. The van der Waals surface area contributed by atoms with Gasteiger partial charge in [0.05, 0.1) is 10.9 Å². The summed E-state index contributed by atoms with van der Waals surface area (Å²) in [4.78, 5) is 8.69. The number of pyridine rings is 1. The zero-order valence-corrected chi connectivity index (χ0v) is 12.4. The quantitative estimate of drug-likeness (QED) is 0.816. The van der Waals surface area contributed by atoms with Crippen LogP contribution in [0.1, 0.15) is 18.8 Å². The Bertz CT molecular complexity index is 599. The van der Waals surface area contributed by atoms with Crippen molar-refractivity contribution in [2.24, 2.45) is 0 Å². The summed E-state index contributed by atoms with van der Waals surface area (Å²) in [6.07, 6.45) is 3.26. The maximum absolute atomic E-state index is 11.3. The summed E-state index contributed by atoms with van der Waals surface area (Å²) in [5.41, 5.74) is 1.44. The van der Waals surface area contributed by atoms with E-state index in [0.29, 0.717) is 16.3 Å². The average Bonchev–Trinajstić information content (AvgIpc) is 2.65. The fourth-order valence-electron chi connectivity index (χ4n) is 1.98. The van der Waals surface area contributed by atoms with E-state index in [-0.39, 0.29) is 11.9 Å². The van der Waals surface area contributed by atoms with Crippen LogP contribution in [0.15, 0.2) is 12.3 Å². The van der Waals surface area contributed by atoms with Crippen molar-refractivity contribution in [2.75, 3.05) is 12.0 Å².